The van der Waals surface area contributed by atoms with Crippen LogP contribution < -0.4 is 15.8 Å². The van der Waals surface area contributed by atoms with Gasteiger partial charge in [0.2, 0.25) is 5.88 Å². The number of hydrogen-bond acceptors (Lipinski definition) is 6. The number of rotatable bonds is 7. The first-order valence-corrected chi connectivity index (χ1v) is 7.67. The van der Waals surface area contributed by atoms with Gasteiger partial charge in [-0.15, -0.1) is 0 Å². The van der Waals surface area contributed by atoms with E-state index in [2.05, 4.69) is 15.3 Å². The smallest absolute Gasteiger partial charge is 0.221 e. The minimum Gasteiger partial charge on any atom is -0.481 e. The van der Waals surface area contributed by atoms with E-state index < -0.39 is 0 Å². The van der Waals surface area contributed by atoms with Crippen LogP contribution in [0, 0.1) is 6.92 Å². The normalized spacial score (nSPS) is 22.0. The molecule has 0 spiro atoms. The second-order valence-corrected chi connectivity index (χ2v) is 5.54. The third kappa shape index (κ3) is 4.82. The molecule has 2 rings (SSSR count). The van der Waals surface area contributed by atoms with Crippen molar-refractivity contribution < 1.29 is 9.47 Å². The molecule has 0 amide bonds. The van der Waals surface area contributed by atoms with Crippen molar-refractivity contribution in [1.82, 2.24) is 9.97 Å². The maximum Gasteiger partial charge on any atom is 0.221 e. The highest BCUT2D eigenvalue weighted by atomic mass is 16.5. The Morgan fingerprint density at radius 2 is 2.05 bits per heavy atom. The molecule has 21 heavy (non-hydrogen) atoms. The van der Waals surface area contributed by atoms with Crippen LogP contribution in [0.4, 0.5) is 5.82 Å². The van der Waals surface area contributed by atoms with Gasteiger partial charge in [-0.25, -0.2) is 9.97 Å². The van der Waals surface area contributed by atoms with E-state index in [-0.39, 0.29) is 0 Å². The van der Waals surface area contributed by atoms with Crippen LogP contribution in [0.15, 0.2) is 6.33 Å². The van der Waals surface area contributed by atoms with Crippen molar-refractivity contribution >= 4 is 5.82 Å². The van der Waals surface area contributed by atoms with Gasteiger partial charge in [-0.2, -0.15) is 0 Å². The number of hydrogen-bond donors (Lipinski definition) is 2. The van der Waals surface area contributed by atoms with Gasteiger partial charge in [-0.1, -0.05) is 0 Å². The zero-order valence-electron chi connectivity index (χ0n) is 13.0. The number of nitrogens with zero attached hydrogens (tertiary/aromatic N) is 2. The van der Waals surface area contributed by atoms with Crippen LogP contribution in [0.5, 0.6) is 5.88 Å². The Hall–Kier alpha value is -1.40. The summed E-state index contributed by atoms with van der Waals surface area (Å²) in [5, 5.41) is 3.30. The maximum absolute atomic E-state index is 5.89. The fourth-order valence-corrected chi connectivity index (χ4v) is 2.60. The summed E-state index contributed by atoms with van der Waals surface area (Å²) in [4.78, 5) is 8.29. The Morgan fingerprint density at radius 3 is 2.76 bits per heavy atom. The van der Waals surface area contributed by atoms with Gasteiger partial charge in [0.15, 0.2) is 0 Å². The van der Waals surface area contributed by atoms with Crippen LogP contribution in [-0.2, 0) is 4.74 Å². The molecule has 0 aliphatic heterocycles. The largest absolute Gasteiger partial charge is 0.481 e. The molecule has 0 radical (unpaired) electrons. The van der Waals surface area contributed by atoms with E-state index in [1.54, 1.807) is 7.11 Å². The number of nitrogens with one attached hydrogen (secondary N) is 1. The first-order chi connectivity index (χ1) is 10.2. The van der Waals surface area contributed by atoms with Gasteiger partial charge < -0.3 is 20.5 Å². The van der Waals surface area contributed by atoms with Gasteiger partial charge in [0.05, 0.1) is 18.8 Å². The second kappa shape index (κ2) is 8.14. The van der Waals surface area contributed by atoms with Gasteiger partial charge in [0.1, 0.15) is 12.1 Å². The standard InChI is InChI=1S/C15H26N4O2/c1-11-14(18-10-19-15(11)20-2)17-8-3-9-21-13-6-4-12(16)5-7-13/h10,12-13H,3-9,16H2,1-2H3,(H,17,18,19). The molecule has 1 heterocycles. The summed E-state index contributed by atoms with van der Waals surface area (Å²) in [6.07, 6.45) is 7.22. The summed E-state index contributed by atoms with van der Waals surface area (Å²) >= 11 is 0. The maximum atomic E-state index is 5.89. The van der Waals surface area contributed by atoms with Crippen LogP contribution >= 0.6 is 0 Å². The SMILES string of the molecule is COc1ncnc(NCCCOC2CCC(N)CC2)c1C. The highest BCUT2D eigenvalue weighted by molar-refractivity contribution is 5.47. The fourth-order valence-electron chi connectivity index (χ4n) is 2.60. The molecular formula is C15H26N4O2. The highest BCUT2D eigenvalue weighted by Crippen LogP contribution is 2.21. The van der Waals surface area contributed by atoms with Crippen molar-refractivity contribution in [2.45, 2.75) is 51.2 Å². The zero-order valence-corrected chi connectivity index (χ0v) is 13.0. The van der Waals surface area contributed by atoms with Crippen LogP contribution in [0.25, 0.3) is 0 Å². The lowest BCUT2D eigenvalue weighted by atomic mass is 9.94. The number of aromatic nitrogens is 2. The van der Waals surface area contributed by atoms with Crippen LogP contribution in [0.2, 0.25) is 0 Å². The monoisotopic (exact) mass is 294 g/mol. The molecule has 0 saturated heterocycles. The molecular weight excluding hydrogens is 268 g/mol. The Kier molecular flexibility index (Phi) is 6.20. The lowest BCUT2D eigenvalue weighted by Gasteiger charge is -2.26. The summed E-state index contributed by atoms with van der Waals surface area (Å²) in [6.45, 7) is 3.55. The molecule has 1 aliphatic carbocycles. The van der Waals surface area contributed by atoms with Gasteiger partial charge in [0.25, 0.3) is 0 Å². The summed E-state index contributed by atoms with van der Waals surface area (Å²) in [5.41, 5.74) is 6.82. The van der Waals surface area contributed by atoms with Crippen molar-refractivity contribution in [3.05, 3.63) is 11.9 Å². The minimum atomic E-state index is 0.377. The molecule has 1 aromatic heterocycles. The molecule has 3 N–H and O–H groups in total. The van der Waals surface area contributed by atoms with Crippen molar-refractivity contribution in [3.63, 3.8) is 0 Å². The van der Waals surface area contributed by atoms with Crippen LogP contribution in [0.1, 0.15) is 37.7 Å². The Morgan fingerprint density at radius 1 is 1.29 bits per heavy atom. The molecule has 1 aromatic rings. The molecule has 0 bridgehead atoms. The average molecular weight is 294 g/mol. The van der Waals surface area contributed by atoms with E-state index in [9.17, 15) is 0 Å². The quantitative estimate of drug-likeness (QED) is 0.747. The molecule has 1 aliphatic rings. The van der Waals surface area contributed by atoms with E-state index in [0.29, 0.717) is 18.0 Å². The predicted octanol–water partition coefficient (Wildman–Crippen LogP) is 1.88. The van der Waals surface area contributed by atoms with Gasteiger partial charge >= 0.3 is 0 Å². The number of ether oxygens (including phenoxy) is 2. The molecule has 1 fully saturated rings. The van der Waals surface area contributed by atoms with Crippen molar-refractivity contribution in [2.24, 2.45) is 5.73 Å². The molecule has 6 heteroatoms. The summed E-state index contributed by atoms with van der Waals surface area (Å²) in [7, 11) is 1.61. The number of nitrogens with two attached hydrogens (primary N) is 1. The fraction of sp³-hybridized carbons (Fsp3) is 0.733. The molecule has 118 valence electrons. The van der Waals surface area contributed by atoms with E-state index in [0.717, 1.165) is 56.6 Å². The lowest BCUT2D eigenvalue weighted by molar-refractivity contribution is 0.0251. The van der Waals surface area contributed by atoms with Crippen molar-refractivity contribution in [3.8, 4) is 5.88 Å². The molecule has 6 nitrogen and oxygen atoms in total. The average Bonchev–Trinajstić information content (AvgIpc) is 2.50. The Labute approximate surface area is 126 Å². The third-order valence-corrected chi connectivity index (χ3v) is 3.92. The molecule has 0 unspecified atom stereocenters. The number of methoxy groups -OCH3 is 1. The topological polar surface area (TPSA) is 82.3 Å². The molecule has 0 atom stereocenters. The zero-order chi connectivity index (χ0) is 15.1. The summed E-state index contributed by atoms with van der Waals surface area (Å²) < 4.78 is 11.1. The van der Waals surface area contributed by atoms with Crippen molar-refractivity contribution in [1.29, 1.82) is 0 Å². The Balaban J connectivity index is 1.64. The first kappa shape index (κ1) is 16.0. The highest BCUT2D eigenvalue weighted by Gasteiger charge is 2.18. The third-order valence-electron chi connectivity index (χ3n) is 3.92. The van der Waals surface area contributed by atoms with Crippen LogP contribution in [0.3, 0.4) is 0 Å². The second-order valence-electron chi connectivity index (χ2n) is 5.54. The number of anilines is 1. The van der Waals surface area contributed by atoms with E-state index in [4.69, 9.17) is 15.2 Å². The van der Waals surface area contributed by atoms with Gasteiger partial charge in [-0.3, -0.25) is 0 Å². The summed E-state index contributed by atoms with van der Waals surface area (Å²) in [5.74, 6) is 1.44. The van der Waals surface area contributed by atoms with Gasteiger partial charge in [0, 0.05) is 19.2 Å². The van der Waals surface area contributed by atoms with Crippen LogP contribution in [-0.4, -0.2) is 42.4 Å². The van der Waals surface area contributed by atoms with Gasteiger partial charge in [-0.05, 0) is 39.0 Å². The molecule has 0 aromatic carbocycles. The molecule has 1 saturated carbocycles. The first-order valence-electron chi connectivity index (χ1n) is 7.67. The Bertz CT molecular complexity index is 434. The predicted molar refractivity (Wildman–Crippen MR) is 82.6 cm³/mol. The lowest BCUT2D eigenvalue weighted by Crippen LogP contribution is -2.30. The van der Waals surface area contributed by atoms with Crippen molar-refractivity contribution in [2.75, 3.05) is 25.6 Å². The summed E-state index contributed by atoms with van der Waals surface area (Å²) in [6, 6.07) is 0.377. The van der Waals surface area contributed by atoms with E-state index in [1.165, 1.54) is 6.33 Å². The van der Waals surface area contributed by atoms with E-state index >= 15 is 0 Å². The minimum absolute atomic E-state index is 0.377. The van der Waals surface area contributed by atoms with E-state index in [1.807, 2.05) is 6.92 Å².